The number of nitrogens with zero attached hydrogens (tertiary/aromatic N) is 3. The second kappa shape index (κ2) is 8.27. The first-order chi connectivity index (χ1) is 12.5. The van der Waals surface area contributed by atoms with Gasteiger partial charge in [-0.2, -0.15) is 5.10 Å². The van der Waals surface area contributed by atoms with E-state index in [4.69, 9.17) is 0 Å². The Balaban J connectivity index is 1.62. The molecule has 0 aliphatic rings. The molecule has 0 spiro atoms. The zero-order valence-electron chi connectivity index (χ0n) is 15.5. The Hall–Kier alpha value is -2.47. The zero-order valence-corrected chi connectivity index (χ0v) is 16.3. The summed E-state index contributed by atoms with van der Waals surface area (Å²) in [5.41, 5.74) is 4.44. The van der Waals surface area contributed by atoms with Crippen LogP contribution in [0, 0.1) is 6.92 Å². The van der Waals surface area contributed by atoms with Gasteiger partial charge >= 0.3 is 0 Å². The molecule has 3 rings (SSSR count). The van der Waals surface area contributed by atoms with Crippen molar-refractivity contribution < 1.29 is 4.79 Å². The third-order valence-electron chi connectivity index (χ3n) is 4.21. The Bertz CT molecular complexity index is 880. The van der Waals surface area contributed by atoms with Crippen LogP contribution in [0.15, 0.2) is 36.7 Å². The van der Waals surface area contributed by atoms with Gasteiger partial charge in [0.25, 0.3) is 0 Å². The largest absolute Gasteiger partial charge is 0.302 e. The van der Waals surface area contributed by atoms with Gasteiger partial charge in [-0.1, -0.05) is 37.6 Å². The van der Waals surface area contributed by atoms with Crippen molar-refractivity contribution in [3.63, 3.8) is 0 Å². The first-order valence-electron chi connectivity index (χ1n) is 8.89. The SMILES string of the molecule is CCCc1ccc(-c2nc(NC(=O)CCc3cnn(C)c3)sc2C)cc1. The number of carbonyl (C=O) groups is 1. The first-order valence-corrected chi connectivity index (χ1v) is 9.71. The number of carbonyl (C=O) groups excluding carboxylic acids is 1. The van der Waals surface area contributed by atoms with Gasteiger partial charge in [0.05, 0.1) is 11.9 Å². The van der Waals surface area contributed by atoms with Crippen LogP contribution in [-0.2, 0) is 24.7 Å². The number of benzene rings is 1. The number of rotatable bonds is 7. The fourth-order valence-electron chi connectivity index (χ4n) is 2.88. The average Bonchev–Trinajstić information content (AvgIpc) is 3.19. The second-order valence-corrected chi connectivity index (χ2v) is 7.64. The summed E-state index contributed by atoms with van der Waals surface area (Å²) in [5.74, 6) is -0.0209. The molecule has 0 unspecified atom stereocenters. The Morgan fingerprint density at radius 2 is 1.96 bits per heavy atom. The lowest BCUT2D eigenvalue weighted by Crippen LogP contribution is -2.12. The number of hydrogen-bond donors (Lipinski definition) is 1. The highest BCUT2D eigenvalue weighted by Crippen LogP contribution is 2.30. The summed E-state index contributed by atoms with van der Waals surface area (Å²) < 4.78 is 1.75. The minimum Gasteiger partial charge on any atom is -0.302 e. The molecule has 0 fully saturated rings. The van der Waals surface area contributed by atoms with Crippen LogP contribution < -0.4 is 5.32 Å². The van der Waals surface area contributed by atoms with Gasteiger partial charge in [0.15, 0.2) is 5.13 Å². The number of aryl methyl sites for hydroxylation is 4. The van der Waals surface area contributed by atoms with E-state index in [9.17, 15) is 4.79 Å². The molecule has 0 atom stereocenters. The van der Waals surface area contributed by atoms with E-state index in [1.54, 1.807) is 10.9 Å². The average molecular weight is 369 g/mol. The zero-order chi connectivity index (χ0) is 18.5. The minimum absolute atomic E-state index is 0.0209. The van der Waals surface area contributed by atoms with Crippen LogP contribution in [0.25, 0.3) is 11.3 Å². The maximum Gasteiger partial charge on any atom is 0.226 e. The van der Waals surface area contributed by atoms with Gasteiger partial charge < -0.3 is 5.32 Å². The van der Waals surface area contributed by atoms with Gasteiger partial charge in [0.1, 0.15) is 0 Å². The molecular formula is C20H24N4OS. The molecule has 2 aromatic heterocycles. The van der Waals surface area contributed by atoms with Crippen molar-refractivity contribution in [1.29, 1.82) is 0 Å². The summed E-state index contributed by atoms with van der Waals surface area (Å²) >= 11 is 1.52. The third-order valence-corrected chi connectivity index (χ3v) is 5.09. The quantitative estimate of drug-likeness (QED) is 0.673. The summed E-state index contributed by atoms with van der Waals surface area (Å²) in [7, 11) is 1.87. The Labute approximate surface area is 158 Å². The lowest BCUT2D eigenvalue weighted by atomic mass is 10.1. The summed E-state index contributed by atoms with van der Waals surface area (Å²) in [5, 5.41) is 7.70. The molecular weight excluding hydrogens is 344 g/mol. The van der Waals surface area contributed by atoms with E-state index in [1.807, 2.05) is 20.2 Å². The lowest BCUT2D eigenvalue weighted by Gasteiger charge is -2.02. The van der Waals surface area contributed by atoms with Gasteiger partial charge in [-0.05, 0) is 30.9 Å². The fourth-order valence-corrected chi connectivity index (χ4v) is 3.73. The van der Waals surface area contributed by atoms with E-state index >= 15 is 0 Å². The van der Waals surface area contributed by atoms with E-state index in [-0.39, 0.29) is 5.91 Å². The molecule has 6 heteroatoms. The molecule has 0 saturated heterocycles. The van der Waals surface area contributed by atoms with Crippen molar-refractivity contribution in [3.05, 3.63) is 52.7 Å². The fraction of sp³-hybridized carbons (Fsp3) is 0.350. The predicted octanol–water partition coefficient (Wildman–Crippen LogP) is 4.38. The van der Waals surface area contributed by atoms with Gasteiger partial charge in [-0.25, -0.2) is 4.98 Å². The number of thiazole rings is 1. The smallest absolute Gasteiger partial charge is 0.226 e. The van der Waals surface area contributed by atoms with Crippen LogP contribution in [0.4, 0.5) is 5.13 Å². The highest BCUT2D eigenvalue weighted by Gasteiger charge is 2.12. The van der Waals surface area contributed by atoms with Crippen molar-refractivity contribution in [3.8, 4) is 11.3 Å². The lowest BCUT2D eigenvalue weighted by molar-refractivity contribution is -0.116. The highest BCUT2D eigenvalue weighted by atomic mass is 32.1. The third kappa shape index (κ3) is 4.58. The predicted molar refractivity (Wildman–Crippen MR) is 106 cm³/mol. The number of aromatic nitrogens is 3. The number of hydrogen-bond acceptors (Lipinski definition) is 4. The molecule has 0 aliphatic carbocycles. The van der Waals surface area contributed by atoms with Crippen LogP contribution in [0.3, 0.4) is 0 Å². The molecule has 5 nitrogen and oxygen atoms in total. The summed E-state index contributed by atoms with van der Waals surface area (Å²) in [4.78, 5) is 17.9. The number of amides is 1. The van der Waals surface area contributed by atoms with E-state index < -0.39 is 0 Å². The summed E-state index contributed by atoms with van der Waals surface area (Å²) in [6.07, 6.45) is 7.06. The van der Waals surface area contributed by atoms with Gasteiger partial charge in [-0.3, -0.25) is 9.48 Å². The van der Waals surface area contributed by atoms with Gasteiger partial charge in [0.2, 0.25) is 5.91 Å². The molecule has 26 heavy (non-hydrogen) atoms. The van der Waals surface area contributed by atoms with Crippen LogP contribution >= 0.6 is 11.3 Å². The van der Waals surface area contributed by atoms with Crippen LogP contribution in [0.5, 0.6) is 0 Å². The van der Waals surface area contributed by atoms with E-state index in [0.29, 0.717) is 18.0 Å². The molecule has 136 valence electrons. The maximum absolute atomic E-state index is 12.2. The molecule has 0 saturated carbocycles. The molecule has 2 heterocycles. The van der Waals surface area contributed by atoms with Crippen molar-refractivity contribution in [1.82, 2.24) is 14.8 Å². The van der Waals surface area contributed by atoms with E-state index in [0.717, 1.165) is 34.5 Å². The second-order valence-electron chi connectivity index (χ2n) is 6.44. The van der Waals surface area contributed by atoms with E-state index in [2.05, 4.69) is 46.6 Å². The minimum atomic E-state index is -0.0209. The Morgan fingerprint density at radius 1 is 1.19 bits per heavy atom. The molecule has 0 aliphatic heterocycles. The molecule has 0 bridgehead atoms. The van der Waals surface area contributed by atoms with Crippen LogP contribution in [-0.4, -0.2) is 20.7 Å². The van der Waals surface area contributed by atoms with Crippen molar-refractivity contribution in [2.24, 2.45) is 7.05 Å². The summed E-state index contributed by atoms with van der Waals surface area (Å²) in [6, 6.07) is 8.54. The molecule has 1 N–H and O–H groups in total. The van der Waals surface area contributed by atoms with Crippen molar-refractivity contribution in [2.75, 3.05) is 5.32 Å². The standard InChI is InChI=1S/C20H24N4OS/c1-4-5-15-6-9-17(10-7-15)19-14(2)26-20(23-19)22-18(25)11-8-16-12-21-24(3)13-16/h6-7,9-10,12-13H,4-5,8,11H2,1-3H3,(H,22,23,25). The Kier molecular flexibility index (Phi) is 5.83. The van der Waals surface area contributed by atoms with Gasteiger partial charge in [0, 0.05) is 30.1 Å². The molecule has 1 aromatic carbocycles. The monoisotopic (exact) mass is 368 g/mol. The van der Waals surface area contributed by atoms with Crippen LogP contribution in [0.1, 0.15) is 35.8 Å². The van der Waals surface area contributed by atoms with Crippen molar-refractivity contribution >= 4 is 22.4 Å². The Morgan fingerprint density at radius 3 is 2.62 bits per heavy atom. The maximum atomic E-state index is 12.2. The highest BCUT2D eigenvalue weighted by molar-refractivity contribution is 7.16. The molecule has 1 amide bonds. The molecule has 3 aromatic rings. The number of anilines is 1. The normalized spacial score (nSPS) is 10.9. The van der Waals surface area contributed by atoms with Gasteiger partial charge in [-0.15, -0.1) is 11.3 Å². The van der Waals surface area contributed by atoms with Crippen LogP contribution in [0.2, 0.25) is 0 Å². The van der Waals surface area contributed by atoms with E-state index in [1.165, 1.54) is 16.9 Å². The molecule has 0 radical (unpaired) electrons. The summed E-state index contributed by atoms with van der Waals surface area (Å²) in [6.45, 7) is 4.22. The number of nitrogens with one attached hydrogen (secondary N) is 1. The topological polar surface area (TPSA) is 59.8 Å². The van der Waals surface area contributed by atoms with Crippen molar-refractivity contribution in [2.45, 2.75) is 39.5 Å². The first kappa shape index (κ1) is 18.3.